The van der Waals surface area contributed by atoms with Gasteiger partial charge in [0.1, 0.15) is 12.1 Å². The monoisotopic (exact) mass is 329 g/mol. The predicted molar refractivity (Wildman–Crippen MR) is 76.0 cm³/mol. The average molecular weight is 329 g/mol. The van der Waals surface area contributed by atoms with Crippen LogP contribution < -0.4 is 5.32 Å². The molecule has 4 rings (SSSR count). The van der Waals surface area contributed by atoms with Crippen LogP contribution in [0.4, 0.5) is 8.78 Å². The van der Waals surface area contributed by atoms with E-state index in [1.165, 1.54) is 0 Å². The van der Waals surface area contributed by atoms with E-state index in [4.69, 9.17) is 9.47 Å². The SMILES string of the molecule is O[C@H]1[C@H](NC2CCC(F)(F)CC2)[C@H]2CO[C@H](O2)[C@@H]1n1ccnc1. The Morgan fingerprint density at radius 2 is 2.09 bits per heavy atom. The summed E-state index contributed by atoms with van der Waals surface area (Å²) in [6.45, 7) is 0.396. The Kier molecular flexibility index (Phi) is 3.87. The van der Waals surface area contributed by atoms with E-state index in [2.05, 4.69) is 10.3 Å². The van der Waals surface area contributed by atoms with Crippen molar-refractivity contribution in [2.75, 3.05) is 6.61 Å². The van der Waals surface area contributed by atoms with Crippen LogP contribution in [0, 0.1) is 0 Å². The number of fused-ring (bicyclic) bond motifs is 2. The quantitative estimate of drug-likeness (QED) is 0.868. The molecule has 2 bridgehead atoms. The van der Waals surface area contributed by atoms with Gasteiger partial charge in [-0.3, -0.25) is 0 Å². The maximum absolute atomic E-state index is 13.3. The molecule has 0 spiro atoms. The molecule has 3 fully saturated rings. The van der Waals surface area contributed by atoms with E-state index >= 15 is 0 Å². The molecule has 0 radical (unpaired) electrons. The predicted octanol–water partition coefficient (Wildman–Crippen LogP) is 1.08. The maximum atomic E-state index is 13.3. The van der Waals surface area contributed by atoms with Crippen molar-refractivity contribution in [3.8, 4) is 0 Å². The van der Waals surface area contributed by atoms with Crippen LogP contribution in [0.2, 0.25) is 0 Å². The number of hydrogen-bond acceptors (Lipinski definition) is 5. The van der Waals surface area contributed by atoms with E-state index < -0.39 is 24.4 Å². The number of halogens is 2. The molecule has 6 nitrogen and oxygen atoms in total. The van der Waals surface area contributed by atoms with E-state index in [9.17, 15) is 13.9 Å². The van der Waals surface area contributed by atoms with Crippen molar-refractivity contribution in [3.05, 3.63) is 18.7 Å². The van der Waals surface area contributed by atoms with E-state index in [-0.39, 0.29) is 31.0 Å². The van der Waals surface area contributed by atoms with E-state index in [0.717, 1.165) is 0 Å². The Morgan fingerprint density at radius 3 is 2.78 bits per heavy atom. The summed E-state index contributed by atoms with van der Waals surface area (Å²) in [5, 5.41) is 14.1. The van der Waals surface area contributed by atoms with Gasteiger partial charge in [0.15, 0.2) is 6.29 Å². The minimum absolute atomic E-state index is 0.0292. The second-order valence-electron chi connectivity index (χ2n) is 6.69. The van der Waals surface area contributed by atoms with Gasteiger partial charge in [-0.15, -0.1) is 0 Å². The molecule has 1 saturated carbocycles. The normalized spacial score (nSPS) is 40.4. The summed E-state index contributed by atoms with van der Waals surface area (Å²) >= 11 is 0. The summed E-state index contributed by atoms with van der Waals surface area (Å²) in [6.07, 6.45) is 4.14. The van der Waals surface area contributed by atoms with Crippen molar-refractivity contribution < 1.29 is 23.4 Å². The van der Waals surface area contributed by atoms with Gasteiger partial charge in [0.05, 0.1) is 25.1 Å². The Bertz CT molecular complexity index is 532. The van der Waals surface area contributed by atoms with Crippen molar-refractivity contribution in [1.82, 2.24) is 14.9 Å². The molecule has 2 N–H and O–H groups in total. The summed E-state index contributed by atoms with van der Waals surface area (Å²) in [5.41, 5.74) is 0. The van der Waals surface area contributed by atoms with Gasteiger partial charge in [0, 0.05) is 31.3 Å². The smallest absolute Gasteiger partial charge is 0.248 e. The third-order valence-electron chi connectivity index (χ3n) is 5.15. The molecule has 2 aliphatic heterocycles. The Labute approximate surface area is 132 Å². The lowest BCUT2D eigenvalue weighted by atomic mass is 9.89. The van der Waals surface area contributed by atoms with E-state index in [1.807, 2.05) is 0 Å². The third kappa shape index (κ3) is 2.88. The second kappa shape index (κ2) is 5.77. The molecular formula is C15H21F2N3O3. The summed E-state index contributed by atoms with van der Waals surface area (Å²) in [7, 11) is 0. The van der Waals surface area contributed by atoms with Crippen LogP contribution in [0.25, 0.3) is 0 Å². The van der Waals surface area contributed by atoms with Gasteiger partial charge in [0.25, 0.3) is 0 Å². The summed E-state index contributed by atoms with van der Waals surface area (Å²) in [5.74, 6) is -2.55. The zero-order valence-corrected chi connectivity index (χ0v) is 12.6. The Balaban J connectivity index is 1.47. The van der Waals surface area contributed by atoms with Crippen LogP contribution in [-0.2, 0) is 9.47 Å². The highest BCUT2D eigenvalue weighted by Gasteiger charge is 2.51. The number of aliphatic hydroxyl groups excluding tert-OH is 1. The lowest BCUT2D eigenvalue weighted by molar-refractivity contribution is -0.167. The number of ether oxygens (including phenoxy) is 2. The summed E-state index contributed by atoms with van der Waals surface area (Å²) in [4.78, 5) is 4.01. The highest BCUT2D eigenvalue weighted by atomic mass is 19.3. The van der Waals surface area contributed by atoms with Gasteiger partial charge in [-0.1, -0.05) is 0 Å². The molecule has 2 saturated heterocycles. The topological polar surface area (TPSA) is 68.5 Å². The minimum Gasteiger partial charge on any atom is -0.389 e. The first kappa shape index (κ1) is 15.4. The maximum Gasteiger partial charge on any atom is 0.248 e. The lowest BCUT2D eigenvalue weighted by Crippen LogP contribution is -2.60. The van der Waals surface area contributed by atoms with Crippen LogP contribution in [0.1, 0.15) is 31.7 Å². The lowest BCUT2D eigenvalue weighted by Gasteiger charge is -2.41. The first-order valence-electron chi connectivity index (χ1n) is 8.10. The fourth-order valence-electron chi connectivity index (χ4n) is 3.85. The highest BCUT2D eigenvalue weighted by molar-refractivity contribution is 5.02. The molecule has 0 unspecified atom stereocenters. The second-order valence-corrected chi connectivity index (χ2v) is 6.69. The summed E-state index contributed by atoms with van der Waals surface area (Å²) < 4.78 is 39.9. The average Bonchev–Trinajstić information content (AvgIpc) is 3.17. The zero-order chi connectivity index (χ0) is 16.0. The number of aliphatic hydroxyl groups is 1. The molecule has 1 aliphatic carbocycles. The van der Waals surface area contributed by atoms with Crippen molar-refractivity contribution >= 4 is 0 Å². The van der Waals surface area contributed by atoms with Gasteiger partial charge in [-0.2, -0.15) is 0 Å². The number of hydrogen-bond donors (Lipinski definition) is 2. The molecule has 3 heterocycles. The van der Waals surface area contributed by atoms with Crippen LogP contribution >= 0.6 is 0 Å². The number of imidazole rings is 1. The van der Waals surface area contributed by atoms with Crippen LogP contribution in [0.5, 0.6) is 0 Å². The molecule has 0 aromatic carbocycles. The van der Waals surface area contributed by atoms with Gasteiger partial charge in [-0.05, 0) is 12.8 Å². The van der Waals surface area contributed by atoms with Gasteiger partial charge in [-0.25, -0.2) is 13.8 Å². The number of nitrogens with one attached hydrogen (secondary N) is 1. The van der Waals surface area contributed by atoms with Gasteiger partial charge < -0.3 is 24.5 Å². The van der Waals surface area contributed by atoms with Crippen molar-refractivity contribution in [1.29, 1.82) is 0 Å². The fraction of sp³-hybridized carbons (Fsp3) is 0.800. The Hall–Kier alpha value is -1.09. The largest absolute Gasteiger partial charge is 0.389 e. The molecule has 128 valence electrons. The molecular weight excluding hydrogens is 308 g/mol. The van der Waals surface area contributed by atoms with Gasteiger partial charge in [0.2, 0.25) is 5.92 Å². The van der Waals surface area contributed by atoms with Crippen LogP contribution in [0.15, 0.2) is 18.7 Å². The van der Waals surface area contributed by atoms with Crippen molar-refractivity contribution in [3.63, 3.8) is 0 Å². The molecule has 1 aromatic heterocycles. The fourth-order valence-corrected chi connectivity index (χ4v) is 3.85. The Morgan fingerprint density at radius 1 is 1.30 bits per heavy atom. The van der Waals surface area contributed by atoms with Crippen LogP contribution in [0.3, 0.4) is 0 Å². The molecule has 1 aromatic rings. The van der Waals surface area contributed by atoms with Crippen molar-refractivity contribution in [2.45, 2.75) is 68.2 Å². The number of aromatic nitrogens is 2. The van der Waals surface area contributed by atoms with E-state index in [1.54, 1.807) is 23.3 Å². The van der Waals surface area contributed by atoms with Crippen LogP contribution in [-0.4, -0.2) is 57.8 Å². The molecule has 23 heavy (non-hydrogen) atoms. The van der Waals surface area contributed by atoms with E-state index in [0.29, 0.717) is 19.4 Å². The van der Waals surface area contributed by atoms with Gasteiger partial charge >= 0.3 is 0 Å². The third-order valence-corrected chi connectivity index (χ3v) is 5.15. The highest BCUT2D eigenvalue weighted by Crippen LogP contribution is 2.38. The summed E-state index contributed by atoms with van der Waals surface area (Å²) in [6, 6.07) is -0.755. The zero-order valence-electron chi connectivity index (χ0n) is 12.6. The molecule has 5 atom stereocenters. The molecule has 0 amide bonds. The standard InChI is InChI=1S/C15H21F2N3O3/c16-15(17)3-1-9(2-4-15)19-11-10-7-22-14(23-10)12(13(11)21)20-6-5-18-8-20/h5-6,8-14,19,21H,1-4,7H2/t10-,11-,12-,13+,14-/m1/s1. The molecule has 8 heteroatoms. The minimum atomic E-state index is -2.55. The van der Waals surface area contributed by atoms with Crippen molar-refractivity contribution in [2.24, 2.45) is 0 Å². The first-order valence-corrected chi connectivity index (χ1v) is 8.10. The first-order chi connectivity index (χ1) is 11.0. The number of alkyl halides is 2. The molecule has 3 aliphatic rings. The number of nitrogens with zero attached hydrogens (tertiary/aromatic N) is 2. The number of rotatable bonds is 3.